The molecule has 2 N–H and O–H groups in total. The van der Waals surface area contributed by atoms with Gasteiger partial charge in [0.25, 0.3) is 0 Å². The molecule has 1 heterocycles. The minimum Gasteiger partial charge on any atom is -0.496 e. The Morgan fingerprint density at radius 1 is 1.50 bits per heavy atom. The number of H-pyrrole nitrogens is 1. The highest BCUT2D eigenvalue weighted by atomic mass is 16.5. The molecule has 0 fully saturated rings. The molecule has 0 saturated heterocycles. The predicted octanol–water partition coefficient (Wildman–Crippen LogP) is 2.44. The first-order valence-corrected chi connectivity index (χ1v) is 5.09. The molecule has 0 unspecified atom stereocenters. The number of aromatic nitrogens is 1. The number of aromatic amines is 1. The molecule has 0 amide bonds. The van der Waals surface area contributed by atoms with Crippen LogP contribution in [0.1, 0.15) is 22.8 Å². The fourth-order valence-electron chi connectivity index (χ4n) is 1.91. The number of aromatic carboxylic acids is 1. The van der Waals surface area contributed by atoms with Crippen molar-refractivity contribution in [1.82, 2.24) is 4.98 Å². The quantitative estimate of drug-likeness (QED) is 0.833. The molecule has 0 aliphatic rings. The van der Waals surface area contributed by atoms with Crippen LogP contribution in [0.3, 0.4) is 0 Å². The first-order valence-electron chi connectivity index (χ1n) is 5.09. The summed E-state index contributed by atoms with van der Waals surface area (Å²) in [5.74, 6) is -0.358. The Balaban J connectivity index is 2.82. The number of hydrogen-bond donors (Lipinski definition) is 2. The molecule has 0 bridgehead atoms. The number of methoxy groups -OCH3 is 1. The zero-order valence-electron chi connectivity index (χ0n) is 9.20. The summed E-state index contributed by atoms with van der Waals surface area (Å²) < 4.78 is 5.19. The van der Waals surface area contributed by atoms with Crippen LogP contribution in [0.4, 0.5) is 0 Å². The minimum absolute atomic E-state index is 0.252. The predicted molar refractivity (Wildman–Crippen MR) is 61.2 cm³/mol. The molecule has 0 aliphatic heterocycles. The Labute approximate surface area is 92.9 Å². The third-order valence-electron chi connectivity index (χ3n) is 2.71. The van der Waals surface area contributed by atoms with E-state index in [2.05, 4.69) is 4.98 Å². The molecular weight excluding hydrogens is 206 g/mol. The summed E-state index contributed by atoms with van der Waals surface area (Å²) in [7, 11) is 1.54. The van der Waals surface area contributed by atoms with Gasteiger partial charge in [-0.1, -0.05) is 13.0 Å². The van der Waals surface area contributed by atoms with E-state index in [1.165, 1.54) is 6.20 Å². The number of carbonyl (C=O) groups is 1. The van der Waals surface area contributed by atoms with Crippen molar-refractivity contribution in [2.45, 2.75) is 13.3 Å². The Morgan fingerprint density at radius 2 is 2.25 bits per heavy atom. The van der Waals surface area contributed by atoms with Crippen LogP contribution >= 0.6 is 0 Å². The van der Waals surface area contributed by atoms with Gasteiger partial charge < -0.3 is 14.8 Å². The summed E-state index contributed by atoms with van der Waals surface area (Å²) in [6.07, 6.45) is 2.36. The van der Waals surface area contributed by atoms with Gasteiger partial charge in [0.05, 0.1) is 23.6 Å². The first kappa shape index (κ1) is 10.5. The number of fused-ring (bicyclic) bond motifs is 1. The van der Waals surface area contributed by atoms with Gasteiger partial charge in [-0.05, 0) is 18.1 Å². The smallest absolute Gasteiger partial charge is 0.338 e. The normalized spacial score (nSPS) is 10.6. The number of hydrogen-bond acceptors (Lipinski definition) is 2. The van der Waals surface area contributed by atoms with Gasteiger partial charge >= 0.3 is 5.97 Å². The van der Waals surface area contributed by atoms with Crippen LogP contribution in [-0.2, 0) is 6.42 Å². The number of carboxylic acids is 1. The largest absolute Gasteiger partial charge is 0.496 e. The first-order chi connectivity index (χ1) is 7.69. The number of nitrogens with one attached hydrogen (secondary N) is 1. The summed E-state index contributed by atoms with van der Waals surface area (Å²) in [4.78, 5) is 14.1. The third-order valence-corrected chi connectivity index (χ3v) is 2.71. The maximum absolute atomic E-state index is 11.1. The number of benzene rings is 1. The second-order valence-electron chi connectivity index (χ2n) is 3.54. The second-order valence-corrected chi connectivity index (χ2v) is 3.54. The zero-order chi connectivity index (χ0) is 11.7. The average Bonchev–Trinajstić information content (AvgIpc) is 2.72. The SMILES string of the molecule is CCc1ccc(OC)c2c(C(=O)O)c[nH]c12. The maximum atomic E-state index is 11.1. The van der Waals surface area contributed by atoms with Gasteiger partial charge in [0.15, 0.2) is 0 Å². The molecule has 1 aromatic heterocycles. The van der Waals surface area contributed by atoms with Gasteiger partial charge in [-0.25, -0.2) is 4.79 Å². The highest BCUT2D eigenvalue weighted by molar-refractivity contribution is 6.06. The van der Waals surface area contributed by atoms with Crippen molar-refractivity contribution < 1.29 is 14.6 Å². The van der Waals surface area contributed by atoms with Crippen molar-refractivity contribution in [2.75, 3.05) is 7.11 Å². The Morgan fingerprint density at radius 3 is 2.81 bits per heavy atom. The van der Waals surface area contributed by atoms with Crippen molar-refractivity contribution in [3.8, 4) is 5.75 Å². The van der Waals surface area contributed by atoms with E-state index >= 15 is 0 Å². The van der Waals surface area contributed by atoms with Gasteiger partial charge in [0.1, 0.15) is 5.75 Å². The van der Waals surface area contributed by atoms with Crippen molar-refractivity contribution in [1.29, 1.82) is 0 Å². The molecule has 2 rings (SSSR count). The monoisotopic (exact) mass is 219 g/mol. The zero-order valence-corrected chi connectivity index (χ0v) is 9.20. The van der Waals surface area contributed by atoms with Crippen molar-refractivity contribution >= 4 is 16.9 Å². The van der Waals surface area contributed by atoms with Gasteiger partial charge in [-0.3, -0.25) is 0 Å². The topological polar surface area (TPSA) is 62.3 Å². The summed E-state index contributed by atoms with van der Waals surface area (Å²) in [6.45, 7) is 2.03. The van der Waals surface area contributed by atoms with Gasteiger partial charge in [0.2, 0.25) is 0 Å². The molecule has 16 heavy (non-hydrogen) atoms. The van der Waals surface area contributed by atoms with E-state index in [9.17, 15) is 4.79 Å². The number of carboxylic acid groups (broad SMARTS) is 1. The number of ether oxygens (including phenoxy) is 1. The van der Waals surface area contributed by atoms with Crippen LogP contribution in [0, 0.1) is 0 Å². The fourth-order valence-corrected chi connectivity index (χ4v) is 1.91. The van der Waals surface area contributed by atoms with E-state index in [0.717, 1.165) is 17.5 Å². The van der Waals surface area contributed by atoms with E-state index in [4.69, 9.17) is 9.84 Å². The highest BCUT2D eigenvalue weighted by Crippen LogP contribution is 2.31. The summed E-state index contributed by atoms with van der Waals surface area (Å²) >= 11 is 0. The van der Waals surface area contributed by atoms with Crippen LogP contribution < -0.4 is 4.74 Å². The molecule has 0 atom stereocenters. The van der Waals surface area contributed by atoms with E-state index in [-0.39, 0.29) is 5.56 Å². The highest BCUT2D eigenvalue weighted by Gasteiger charge is 2.16. The van der Waals surface area contributed by atoms with Crippen molar-refractivity contribution in [2.24, 2.45) is 0 Å². The number of aryl methyl sites for hydroxylation is 1. The molecule has 0 spiro atoms. The molecule has 0 aliphatic carbocycles. The fraction of sp³-hybridized carbons (Fsp3) is 0.250. The summed E-state index contributed by atoms with van der Waals surface area (Å²) in [5.41, 5.74) is 2.18. The molecule has 0 radical (unpaired) electrons. The lowest BCUT2D eigenvalue weighted by molar-refractivity contribution is 0.0699. The van der Waals surface area contributed by atoms with E-state index in [1.807, 2.05) is 13.0 Å². The molecule has 2 aromatic rings. The standard InChI is InChI=1S/C12H13NO3/c1-3-7-4-5-9(16-2)10-8(12(14)15)6-13-11(7)10/h4-6,13H,3H2,1-2H3,(H,14,15). The summed E-state index contributed by atoms with van der Waals surface area (Å²) in [5, 5.41) is 9.73. The van der Waals surface area contributed by atoms with E-state index in [0.29, 0.717) is 11.1 Å². The van der Waals surface area contributed by atoms with Gasteiger partial charge in [-0.15, -0.1) is 0 Å². The summed E-state index contributed by atoms with van der Waals surface area (Å²) in [6, 6.07) is 3.75. The third kappa shape index (κ3) is 1.43. The van der Waals surface area contributed by atoms with Crippen LogP contribution in [0.25, 0.3) is 10.9 Å². The lowest BCUT2D eigenvalue weighted by atomic mass is 10.1. The van der Waals surface area contributed by atoms with Crippen LogP contribution in [0.5, 0.6) is 5.75 Å². The lowest BCUT2D eigenvalue weighted by Crippen LogP contribution is -1.96. The average molecular weight is 219 g/mol. The molecule has 84 valence electrons. The van der Waals surface area contributed by atoms with Gasteiger partial charge in [-0.2, -0.15) is 0 Å². The molecule has 4 nitrogen and oxygen atoms in total. The molecular formula is C12H13NO3. The number of rotatable bonds is 3. The van der Waals surface area contributed by atoms with Crippen molar-refractivity contribution in [3.05, 3.63) is 29.5 Å². The van der Waals surface area contributed by atoms with Crippen molar-refractivity contribution in [3.63, 3.8) is 0 Å². The Bertz CT molecular complexity index is 542. The maximum Gasteiger partial charge on any atom is 0.338 e. The van der Waals surface area contributed by atoms with E-state index in [1.54, 1.807) is 13.2 Å². The van der Waals surface area contributed by atoms with Gasteiger partial charge in [0, 0.05) is 6.20 Å². The van der Waals surface area contributed by atoms with Crippen LogP contribution in [0.2, 0.25) is 0 Å². The Hall–Kier alpha value is -1.97. The molecule has 1 aromatic carbocycles. The minimum atomic E-state index is -0.946. The van der Waals surface area contributed by atoms with Crippen LogP contribution in [0.15, 0.2) is 18.3 Å². The molecule has 0 saturated carbocycles. The second kappa shape index (κ2) is 3.89. The molecule has 4 heteroatoms. The van der Waals surface area contributed by atoms with E-state index < -0.39 is 5.97 Å². The Kier molecular flexibility index (Phi) is 2.56. The van der Waals surface area contributed by atoms with Crippen LogP contribution in [-0.4, -0.2) is 23.2 Å². The lowest BCUT2D eigenvalue weighted by Gasteiger charge is -2.06.